The van der Waals surface area contributed by atoms with Crippen molar-refractivity contribution in [2.75, 3.05) is 6.79 Å². The normalized spacial score (nSPS) is 21.5. The summed E-state index contributed by atoms with van der Waals surface area (Å²) in [5.74, 6) is 0.00760. The number of allylic oxidation sites excluding steroid dienone is 3. The van der Waals surface area contributed by atoms with Crippen LogP contribution in [0, 0.1) is 0 Å². The average molecular weight is 480 g/mol. The van der Waals surface area contributed by atoms with Gasteiger partial charge in [0.2, 0.25) is 6.79 Å². The maximum atomic E-state index is 13.7. The summed E-state index contributed by atoms with van der Waals surface area (Å²) < 4.78 is 16.6. The monoisotopic (exact) mass is 479 g/mol. The second kappa shape index (κ2) is 8.84. The van der Waals surface area contributed by atoms with Crippen molar-refractivity contribution in [2.45, 2.75) is 51.6 Å². The minimum atomic E-state index is -0.659. The van der Waals surface area contributed by atoms with E-state index in [1.165, 1.54) is 0 Å². The van der Waals surface area contributed by atoms with Crippen LogP contribution in [0.1, 0.15) is 56.6 Å². The second-order valence-corrected chi connectivity index (χ2v) is 9.52. The number of dihydropyridines is 1. The van der Waals surface area contributed by atoms with Gasteiger partial charge in [0.15, 0.2) is 17.3 Å². The molecule has 0 unspecified atom stereocenters. The van der Waals surface area contributed by atoms with Gasteiger partial charge in [0.25, 0.3) is 0 Å². The number of ether oxygens (including phenoxy) is 3. The molecule has 1 aliphatic carbocycles. The van der Waals surface area contributed by atoms with Crippen molar-refractivity contribution >= 4 is 23.4 Å². The largest absolute Gasteiger partial charge is 0.460 e. The SMILES string of the molecule is CC1=C(C(=O)OC(C)C)[C@H](c2cc3c(cc2Cl)OCO3)C2=C(C[C@H](c3ccccc3)CC2=O)N1. The third-order valence-electron chi connectivity index (χ3n) is 6.46. The third-order valence-corrected chi connectivity index (χ3v) is 6.79. The van der Waals surface area contributed by atoms with Crippen molar-refractivity contribution in [3.8, 4) is 11.5 Å². The fourth-order valence-corrected chi connectivity index (χ4v) is 5.28. The molecule has 0 spiro atoms. The van der Waals surface area contributed by atoms with Crippen molar-refractivity contribution in [3.05, 3.63) is 81.2 Å². The predicted octanol–water partition coefficient (Wildman–Crippen LogP) is 5.38. The summed E-state index contributed by atoms with van der Waals surface area (Å²) in [6, 6.07) is 13.5. The van der Waals surface area contributed by atoms with Crippen LogP contribution in [0.25, 0.3) is 0 Å². The van der Waals surface area contributed by atoms with Gasteiger partial charge in [-0.05, 0) is 50.3 Å². The first-order chi connectivity index (χ1) is 16.3. The lowest BCUT2D eigenvalue weighted by atomic mass is 9.71. The predicted molar refractivity (Wildman–Crippen MR) is 128 cm³/mol. The molecule has 0 fully saturated rings. The molecule has 2 aromatic carbocycles. The summed E-state index contributed by atoms with van der Waals surface area (Å²) in [4.78, 5) is 26.9. The highest BCUT2D eigenvalue weighted by Crippen LogP contribution is 2.49. The van der Waals surface area contributed by atoms with Crippen molar-refractivity contribution in [2.24, 2.45) is 0 Å². The van der Waals surface area contributed by atoms with E-state index in [9.17, 15) is 9.59 Å². The third kappa shape index (κ3) is 3.96. The number of hydrogen-bond acceptors (Lipinski definition) is 6. The van der Waals surface area contributed by atoms with Crippen molar-refractivity contribution < 1.29 is 23.8 Å². The average Bonchev–Trinajstić information content (AvgIpc) is 3.24. The van der Waals surface area contributed by atoms with Crippen LogP contribution in [-0.2, 0) is 14.3 Å². The van der Waals surface area contributed by atoms with Crippen molar-refractivity contribution in [3.63, 3.8) is 0 Å². The first kappa shape index (κ1) is 22.5. The number of hydrogen-bond donors (Lipinski definition) is 1. The van der Waals surface area contributed by atoms with Gasteiger partial charge >= 0.3 is 5.97 Å². The van der Waals surface area contributed by atoms with Crippen molar-refractivity contribution in [1.82, 2.24) is 5.32 Å². The topological polar surface area (TPSA) is 73.9 Å². The minimum absolute atomic E-state index is 0.0105. The minimum Gasteiger partial charge on any atom is -0.460 e. The molecule has 3 aliphatic rings. The Bertz CT molecular complexity index is 1230. The molecule has 176 valence electrons. The van der Waals surface area contributed by atoms with Gasteiger partial charge in [0, 0.05) is 40.4 Å². The van der Waals surface area contributed by atoms with E-state index in [1.807, 2.05) is 37.3 Å². The van der Waals surface area contributed by atoms with Gasteiger partial charge in [0.1, 0.15) is 0 Å². The Morgan fingerprint density at radius 3 is 2.53 bits per heavy atom. The first-order valence-electron chi connectivity index (χ1n) is 11.4. The van der Waals surface area contributed by atoms with Crippen molar-refractivity contribution in [1.29, 1.82) is 0 Å². The number of ketones is 1. The number of Topliss-reactive ketones (excluding diaryl/α,β-unsaturated/α-hetero) is 1. The van der Waals surface area contributed by atoms with Crippen LogP contribution in [-0.4, -0.2) is 24.6 Å². The molecule has 0 saturated carbocycles. The highest BCUT2D eigenvalue weighted by molar-refractivity contribution is 6.32. The molecule has 1 N–H and O–H groups in total. The van der Waals surface area contributed by atoms with Gasteiger partial charge in [-0.2, -0.15) is 0 Å². The quantitative estimate of drug-likeness (QED) is 0.593. The van der Waals surface area contributed by atoms with Gasteiger partial charge in [-0.3, -0.25) is 4.79 Å². The summed E-state index contributed by atoms with van der Waals surface area (Å²) in [5, 5.41) is 3.77. The lowest BCUT2D eigenvalue weighted by molar-refractivity contribution is -0.143. The van der Waals surface area contributed by atoms with Gasteiger partial charge < -0.3 is 19.5 Å². The van der Waals surface area contributed by atoms with Crippen LogP contribution in [0.2, 0.25) is 5.02 Å². The molecule has 0 bridgehead atoms. The summed E-state index contributed by atoms with van der Waals surface area (Å²) >= 11 is 6.70. The highest BCUT2D eigenvalue weighted by Gasteiger charge is 2.42. The molecule has 2 heterocycles. The smallest absolute Gasteiger partial charge is 0.337 e. The Kier molecular flexibility index (Phi) is 5.86. The van der Waals surface area contributed by atoms with Crippen LogP contribution in [0.3, 0.4) is 0 Å². The lowest BCUT2D eigenvalue weighted by Gasteiger charge is -2.37. The molecule has 0 radical (unpaired) electrons. The van der Waals surface area contributed by atoms with E-state index in [0.717, 1.165) is 11.3 Å². The summed E-state index contributed by atoms with van der Waals surface area (Å²) in [6.45, 7) is 5.54. The lowest BCUT2D eigenvalue weighted by Crippen LogP contribution is -2.36. The second-order valence-electron chi connectivity index (χ2n) is 9.11. The van der Waals surface area contributed by atoms with Crippen LogP contribution in [0.5, 0.6) is 11.5 Å². The van der Waals surface area contributed by atoms with Gasteiger partial charge in [0.05, 0.1) is 11.7 Å². The Morgan fingerprint density at radius 1 is 1.12 bits per heavy atom. The van der Waals surface area contributed by atoms with Crippen LogP contribution in [0.4, 0.5) is 0 Å². The number of fused-ring (bicyclic) bond motifs is 1. The number of esters is 1. The zero-order valence-electron chi connectivity index (χ0n) is 19.3. The summed E-state index contributed by atoms with van der Waals surface area (Å²) in [6.07, 6.45) is 0.711. The summed E-state index contributed by atoms with van der Waals surface area (Å²) in [5.41, 5.74) is 4.18. The molecule has 0 amide bonds. The van der Waals surface area contributed by atoms with E-state index >= 15 is 0 Å². The molecule has 0 saturated heterocycles. The highest BCUT2D eigenvalue weighted by atomic mass is 35.5. The van der Waals surface area contributed by atoms with E-state index in [1.54, 1.807) is 26.0 Å². The van der Waals surface area contributed by atoms with Gasteiger partial charge in [-0.15, -0.1) is 0 Å². The molecule has 0 aromatic heterocycles. The zero-order valence-corrected chi connectivity index (χ0v) is 20.1. The van der Waals surface area contributed by atoms with Crippen LogP contribution < -0.4 is 14.8 Å². The molecule has 2 atom stereocenters. The van der Waals surface area contributed by atoms with E-state index in [4.69, 9.17) is 25.8 Å². The fraction of sp³-hybridized carbons (Fsp3) is 0.333. The number of rotatable bonds is 4. The Hall–Kier alpha value is -3.25. The van der Waals surface area contributed by atoms with E-state index in [-0.39, 0.29) is 24.6 Å². The number of nitrogens with one attached hydrogen (secondary N) is 1. The summed E-state index contributed by atoms with van der Waals surface area (Å²) in [7, 11) is 0. The molecular weight excluding hydrogens is 454 g/mol. The number of benzene rings is 2. The maximum Gasteiger partial charge on any atom is 0.337 e. The van der Waals surface area contributed by atoms with Crippen LogP contribution in [0.15, 0.2) is 65.0 Å². The molecule has 2 aromatic rings. The molecule has 2 aliphatic heterocycles. The number of carbonyl (C=O) groups excluding carboxylic acids is 2. The first-order valence-corrected chi connectivity index (χ1v) is 11.8. The Balaban J connectivity index is 1.64. The van der Waals surface area contributed by atoms with Crippen LogP contribution >= 0.6 is 11.6 Å². The molecular formula is C27H26ClNO5. The Morgan fingerprint density at radius 2 is 1.82 bits per heavy atom. The van der Waals surface area contributed by atoms with E-state index in [2.05, 4.69) is 5.32 Å². The fourth-order valence-electron chi connectivity index (χ4n) is 5.01. The van der Waals surface area contributed by atoms with E-state index in [0.29, 0.717) is 51.8 Å². The molecule has 5 rings (SSSR count). The number of halogens is 1. The Labute approximate surface area is 203 Å². The number of carbonyl (C=O) groups is 2. The zero-order chi connectivity index (χ0) is 24.0. The maximum absolute atomic E-state index is 13.7. The van der Waals surface area contributed by atoms with Gasteiger partial charge in [-0.1, -0.05) is 41.9 Å². The molecule has 7 heteroatoms. The standard InChI is InChI=1S/C27H26ClNO5/c1-14(2)34-27(31)24-15(3)29-20-9-17(16-7-5-4-6-8-16)10-21(30)26(20)25(24)18-11-22-23(12-19(18)28)33-13-32-22/h4-8,11-12,14,17,25,29H,9-10,13H2,1-3H3/t17-,25-/m0/s1. The van der Waals surface area contributed by atoms with Gasteiger partial charge in [-0.25, -0.2) is 4.79 Å². The molecule has 6 nitrogen and oxygen atoms in total. The molecule has 34 heavy (non-hydrogen) atoms. The van der Waals surface area contributed by atoms with E-state index < -0.39 is 11.9 Å².